The molecule has 0 bridgehead atoms. The molecular formula is C27H27BrF2N2O2. The first-order valence-electron chi connectivity index (χ1n) is 11.4. The van der Waals surface area contributed by atoms with Crippen LogP contribution >= 0.6 is 0 Å². The minimum atomic E-state index is -2.85. The van der Waals surface area contributed by atoms with Crippen molar-refractivity contribution in [3.63, 3.8) is 0 Å². The van der Waals surface area contributed by atoms with Crippen molar-refractivity contribution in [1.29, 1.82) is 0 Å². The number of ether oxygens (including phenoxy) is 1. The van der Waals surface area contributed by atoms with E-state index < -0.39 is 12.3 Å². The third-order valence-corrected chi connectivity index (χ3v) is 6.55. The number of hydrazone groups is 1. The molecule has 3 aromatic rings. The van der Waals surface area contributed by atoms with Gasteiger partial charge < -0.3 is 26.8 Å². The summed E-state index contributed by atoms with van der Waals surface area (Å²) in [6, 6.07) is 25.0. The third kappa shape index (κ3) is 4.72. The average molecular weight is 529 g/mol. The maximum Gasteiger partial charge on any atom is 0.387 e. The number of hydrogen-bond donors (Lipinski definition) is 1. The number of nitrogens with zero attached hydrogens (tertiary/aromatic N) is 2. The maximum atomic E-state index is 12.5. The van der Waals surface area contributed by atoms with E-state index in [0.717, 1.165) is 60.3 Å². The van der Waals surface area contributed by atoms with Crippen LogP contribution in [0.3, 0.4) is 0 Å². The van der Waals surface area contributed by atoms with Crippen LogP contribution in [0.5, 0.6) is 5.75 Å². The zero-order valence-electron chi connectivity index (χ0n) is 18.7. The molecule has 5 rings (SSSR count). The quantitative estimate of drug-likeness (QED) is 0.516. The summed E-state index contributed by atoms with van der Waals surface area (Å²) < 4.78 is 31.8. The molecular weight excluding hydrogens is 502 g/mol. The van der Waals surface area contributed by atoms with Crippen LogP contribution in [-0.4, -0.2) is 40.2 Å². The Kier molecular flexibility index (Phi) is 7.33. The second-order valence-corrected chi connectivity index (χ2v) is 8.59. The first kappa shape index (κ1) is 24.4. The molecule has 3 aromatic carbocycles. The standard InChI is InChI=1S/C27H27F2N2O2.BrH/c28-26(29)33-24-15-11-22(12-16-24)25-19-27(32,31-18-6-2-5-17-30(25)31)23-13-9-21(10-14-23)20-7-3-1-4-8-20;/h1,3-4,7-16,26,32H,2,5-6,17-19H2;1H/q+1;/p-1. The van der Waals surface area contributed by atoms with E-state index in [1.807, 2.05) is 30.3 Å². The molecule has 1 atom stereocenters. The molecule has 178 valence electrons. The Morgan fingerprint density at radius 2 is 1.47 bits per heavy atom. The van der Waals surface area contributed by atoms with E-state index in [1.54, 1.807) is 24.3 Å². The molecule has 34 heavy (non-hydrogen) atoms. The van der Waals surface area contributed by atoms with Gasteiger partial charge in [-0.15, -0.1) is 9.69 Å². The fraction of sp³-hybridized carbons (Fsp3) is 0.296. The van der Waals surface area contributed by atoms with Gasteiger partial charge in [-0.25, -0.2) is 0 Å². The van der Waals surface area contributed by atoms with Crippen LogP contribution in [0.15, 0.2) is 78.9 Å². The highest BCUT2D eigenvalue weighted by molar-refractivity contribution is 5.98. The van der Waals surface area contributed by atoms with Crippen LogP contribution in [0.1, 0.15) is 36.8 Å². The van der Waals surface area contributed by atoms with Gasteiger partial charge in [-0.2, -0.15) is 8.78 Å². The molecule has 0 radical (unpaired) electrons. The second-order valence-electron chi connectivity index (χ2n) is 8.59. The SMILES string of the molecule is OC1(c2ccc(-c3ccccc3)cc2)CC(c2ccc(OC(F)F)cc2)=[N+]2CCCCCN21.[Br-]. The van der Waals surface area contributed by atoms with E-state index >= 15 is 0 Å². The Morgan fingerprint density at radius 3 is 2.15 bits per heavy atom. The number of halogens is 3. The zero-order chi connectivity index (χ0) is 22.8. The van der Waals surface area contributed by atoms with E-state index in [2.05, 4.69) is 38.7 Å². The lowest BCUT2D eigenvalue weighted by atomic mass is 9.93. The molecule has 0 saturated carbocycles. The summed E-state index contributed by atoms with van der Waals surface area (Å²) in [7, 11) is 0. The van der Waals surface area contributed by atoms with Crippen LogP contribution in [0.2, 0.25) is 0 Å². The van der Waals surface area contributed by atoms with Gasteiger partial charge in [-0.05, 0) is 48.2 Å². The van der Waals surface area contributed by atoms with E-state index in [1.165, 1.54) is 0 Å². The van der Waals surface area contributed by atoms with Crippen molar-refractivity contribution in [3.8, 4) is 16.9 Å². The van der Waals surface area contributed by atoms with Gasteiger partial charge in [0.1, 0.15) is 5.75 Å². The summed E-state index contributed by atoms with van der Waals surface area (Å²) in [5, 5.41) is 14.1. The Balaban J connectivity index is 0.00000274. The topological polar surface area (TPSA) is 35.7 Å². The van der Waals surface area contributed by atoms with Gasteiger partial charge in [0.15, 0.2) is 6.54 Å². The average Bonchev–Trinajstić information content (AvgIpc) is 2.98. The number of rotatable bonds is 5. The van der Waals surface area contributed by atoms with Crippen LogP contribution in [0.4, 0.5) is 8.78 Å². The molecule has 1 unspecified atom stereocenters. The Labute approximate surface area is 208 Å². The van der Waals surface area contributed by atoms with Crippen molar-refractivity contribution < 1.29 is 40.3 Å². The number of hydrogen-bond acceptors (Lipinski definition) is 3. The van der Waals surface area contributed by atoms with E-state index in [4.69, 9.17) is 0 Å². The van der Waals surface area contributed by atoms with E-state index in [9.17, 15) is 13.9 Å². The largest absolute Gasteiger partial charge is 1.00 e. The summed E-state index contributed by atoms with van der Waals surface area (Å²) in [6.07, 6.45) is 3.57. The number of aliphatic hydroxyl groups is 1. The molecule has 1 N–H and O–H groups in total. The minimum Gasteiger partial charge on any atom is -1.00 e. The first-order valence-corrected chi connectivity index (χ1v) is 11.4. The number of hydrazine groups is 1. The van der Waals surface area contributed by atoms with Crippen molar-refractivity contribution in [2.45, 2.75) is 38.0 Å². The Hall–Kier alpha value is -2.77. The monoisotopic (exact) mass is 528 g/mol. The summed E-state index contributed by atoms with van der Waals surface area (Å²) in [4.78, 5) is 0. The van der Waals surface area contributed by atoms with Crippen molar-refractivity contribution in [2.24, 2.45) is 0 Å². The Bertz CT molecular complexity index is 1140. The summed E-state index contributed by atoms with van der Waals surface area (Å²) in [6.45, 7) is -1.28. The number of benzene rings is 3. The van der Waals surface area contributed by atoms with Gasteiger partial charge in [0, 0.05) is 17.5 Å². The molecule has 0 aromatic heterocycles. The predicted molar refractivity (Wildman–Crippen MR) is 123 cm³/mol. The molecule has 4 nitrogen and oxygen atoms in total. The molecule has 2 heterocycles. The molecule has 0 spiro atoms. The smallest absolute Gasteiger partial charge is 0.387 e. The van der Waals surface area contributed by atoms with Crippen LogP contribution in [0, 0.1) is 0 Å². The second kappa shape index (κ2) is 10.2. The van der Waals surface area contributed by atoms with Gasteiger partial charge in [-0.3, -0.25) is 0 Å². The highest BCUT2D eigenvalue weighted by Crippen LogP contribution is 2.39. The van der Waals surface area contributed by atoms with Crippen molar-refractivity contribution in [1.82, 2.24) is 5.01 Å². The first-order chi connectivity index (χ1) is 16.0. The van der Waals surface area contributed by atoms with Gasteiger partial charge in [0.05, 0.1) is 13.0 Å². The van der Waals surface area contributed by atoms with Crippen molar-refractivity contribution in [2.75, 3.05) is 13.1 Å². The molecule has 2 aliphatic heterocycles. The van der Waals surface area contributed by atoms with Gasteiger partial charge in [0.2, 0.25) is 11.4 Å². The lowest BCUT2D eigenvalue weighted by molar-refractivity contribution is -0.706. The zero-order valence-corrected chi connectivity index (χ0v) is 20.3. The molecule has 7 heteroatoms. The van der Waals surface area contributed by atoms with Crippen molar-refractivity contribution in [3.05, 3.63) is 90.0 Å². The molecule has 2 aliphatic rings. The number of alkyl halides is 2. The van der Waals surface area contributed by atoms with Crippen LogP contribution in [0.25, 0.3) is 11.1 Å². The summed E-state index contributed by atoms with van der Waals surface area (Å²) >= 11 is 0. The van der Waals surface area contributed by atoms with Crippen LogP contribution < -0.4 is 21.7 Å². The highest BCUT2D eigenvalue weighted by atomic mass is 79.9. The molecule has 1 fully saturated rings. The molecule has 0 amide bonds. The number of fused-ring (bicyclic) bond motifs is 1. The van der Waals surface area contributed by atoms with Gasteiger partial charge in [0.25, 0.3) is 0 Å². The maximum absolute atomic E-state index is 12.5. The highest BCUT2D eigenvalue weighted by Gasteiger charge is 2.52. The van der Waals surface area contributed by atoms with Gasteiger partial charge in [-0.1, -0.05) is 54.6 Å². The van der Waals surface area contributed by atoms with E-state index in [0.29, 0.717) is 6.42 Å². The molecule has 0 aliphatic carbocycles. The third-order valence-electron chi connectivity index (χ3n) is 6.55. The predicted octanol–water partition coefficient (Wildman–Crippen LogP) is 2.41. The lowest BCUT2D eigenvalue weighted by Gasteiger charge is -2.30. The lowest BCUT2D eigenvalue weighted by Crippen LogP contribution is -3.00. The fourth-order valence-electron chi connectivity index (χ4n) is 4.91. The molecule has 1 saturated heterocycles. The van der Waals surface area contributed by atoms with Crippen molar-refractivity contribution >= 4 is 5.71 Å². The van der Waals surface area contributed by atoms with E-state index in [-0.39, 0.29) is 22.7 Å². The summed E-state index contributed by atoms with van der Waals surface area (Å²) in [5.41, 5.74) is 3.83. The summed E-state index contributed by atoms with van der Waals surface area (Å²) in [5.74, 6) is 0.131. The van der Waals surface area contributed by atoms with Gasteiger partial charge >= 0.3 is 6.61 Å². The Morgan fingerprint density at radius 1 is 0.824 bits per heavy atom. The minimum absolute atomic E-state index is 0. The van der Waals surface area contributed by atoms with Crippen LogP contribution in [-0.2, 0) is 5.72 Å². The fourth-order valence-corrected chi connectivity index (χ4v) is 4.91. The normalized spacial score (nSPS) is 20.1.